The van der Waals surface area contributed by atoms with E-state index < -0.39 is 59.6 Å². The first-order chi connectivity index (χ1) is 13.0. The zero-order valence-corrected chi connectivity index (χ0v) is 17.1. The molecule has 28 heavy (non-hydrogen) atoms. The van der Waals surface area contributed by atoms with Crippen molar-refractivity contribution in [2.45, 2.75) is 75.7 Å². The van der Waals surface area contributed by atoms with Gasteiger partial charge in [-0.25, -0.2) is 9.59 Å². The van der Waals surface area contributed by atoms with Crippen LogP contribution in [0.5, 0.6) is 0 Å². The molecular weight excluding hydrogens is 394 g/mol. The number of esters is 1. The van der Waals surface area contributed by atoms with Gasteiger partial charge in [0.05, 0.1) is 12.7 Å². The van der Waals surface area contributed by atoms with Crippen molar-refractivity contribution in [2.75, 3.05) is 12.5 Å². The number of primary amides is 1. The Morgan fingerprint density at radius 1 is 1.21 bits per heavy atom. The van der Waals surface area contributed by atoms with Crippen LogP contribution in [0.3, 0.4) is 0 Å². The third kappa shape index (κ3) is 2.99. The minimum Gasteiger partial charge on any atom is -0.456 e. The summed E-state index contributed by atoms with van der Waals surface area (Å²) >= 11 is 6.07. The van der Waals surface area contributed by atoms with Crippen LogP contribution in [0.25, 0.3) is 0 Å². The van der Waals surface area contributed by atoms with Gasteiger partial charge in [0, 0.05) is 17.7 Å². The molecular formula is C18H26ClNO8. The first-order valence-corrected chi connectivity index (χ1v) is 9.95. The van der Waals surface area contributed by atoms with Gasteiger partial charge in [0.2, 0.25) is 6.10 Å². The van der Waals surface area contributed by atoms with Crippen molar-refractivity contribution in [1.29, 1.82) is 0 Å². The van der Waals surface area contributed by atoms with Gasteiger partial charge in [0.1, 0.15) is 12.2 Å². The first kappa shape index (κ1) is 20.2. The van der Waals surface area contributed by atoms with Gasteiger partial charge >= 0.3 is 12.1 Å². The van der Waals surface area contributed by atoms with Crippen LogP contribution in [0.2, 0.25) is 0 Å². The van der Waals surface area contributed by atoms with Crippen molar-refractivity contribution >= 4 is 23.7 Å². The number of rotatable bonds is 3. The van der Waals surface area contributed by atoms with Crippen LogP contribution < -0.4 is 5.73 Å². The molecule has 4 fully saturated rings. The van der Waals surface area contributed by atoms with E-state index in [1.54, 1.807) is 27.7 Å². The first-order valence-electron chi connectivity index (χ1n) is 9.42. The average Bonchev–Trinajstić information content (AvgIpc) is 3.06. The average molecular weight is 420 g/mol. The lowest BCUT2D eigenvalue weighted by atomic mass is 9.62. The number of carbonyl (C=O) groups excluding carboxylic acids is 2. The quantitative estimate of drug-likeness (QED) is 0.537. The lowest BCUT2D eigenvalue weighted by Crippen LogP contribution is -2.73. The van der Waals surface area contributed by atoms with Gasteiger partial charge in [-0.1, -0.05) is 0 Å². The molecule has 1 saturated carbocycles. The standard InChI is InChI=1S/C18H26ClNO8/c1-16(2)23-7-18(28-16)12-8(5-6-19)9(10-13(18)27-17(3,4)26-10)11(14(21)25-12)24-15(20)22/h8-13H,5-7H2,1-4H3,(H2,20,22)/t8-,9+,10+,11+,12-,13+,18+/m1/s1. The zero-order chi connectivity index (χ0) is 20.5. The molecule has 3 saturated heterocycles. The Bertz CT molecular complexity index is 684. The van der Waals surface area contributed by atoms with E-state index >= 15 is 0 Å². The number of halogens is 1. The number of alkyl halides is 1. The molecule has 1 spiro atoms. The summed E-state index contributed by atoms with van der Waals surface area (Å²) in [5.74, 6) is -2.98. The second kappa shape index (κ2) is 6.43. The number of amides is 1. The highest BCUT2D eigenvalue weighted by Gasteiger charge is 2.74. The predicted octanol–water partition coefficient (Wildman–Crippen LogP) is 1.29. The molecule has 0 radical (unpaired) electrons. The molecule has 3 aliphatic heterocycles. The van der Waals surface area contributed by atoms with Crippen LogP contribution in [-0.2, 0) is 33.2 Å². The van der Waals surface area contributed by atoms with Crippen molar-refractivity contribution < 1.29 is 38.0 Å². The van der Waals surface area contributed by atoms with E-state index in [2.05, 4.69) is 0 Å². The highest BCUT2D eigenvalue weighted by molar-refractivity contribution is 6.17. The number of carbonyl (C=O) groups is 2. The van der Waals surface area contributed by atoms with Crippen molar-refractivity contribution in [2.24, 2.45) is 17.6 Å². The maximum Gasteiger partial charge on any atom is 0.405 e. The normalized spacial score (nSPS) is 45.5. The van der Waals surface area contributed by atoms with Gasteiger partial charge in [-0.15, -0.1) is 11.6 Å². The smallest absolute Gasteiger partial charge is 0.405 e. The van der Waals surface area contributed by atoms with Gasteiger partial charge in [-0.05, 0) is 34.1 Å². The summed E-state index contributed by atoms with van der Waals surface area (Å²) in [6, 6.07) is 0. The molecule has 1 amide bonds. The van der Waals surface area contributed by atoms with E-state index in [0.29, 0.717) is 12.3 Å². The molecule has 158 valence electrons. The Labute approximate surface area is 168 Å². The van der Waals surface area contributed by atoms with Crippen LogP contribution in [0, 0.1) is 11.8 Å². The van der Waals surface area contributed by atoms with Crippen LogP contribution in [0.1, 0.15) is 34.1 Å². The van der Waals surface area contributed by atoms with Crippen molar-refractivity contribution in [3.63, 3.8) is 0 Å². The fourth-order valence-corrected chi connectivity index (χ4v) is 5.41. The summed E-state index contributed by atoms with van der Waals surface area (Å²) in [5.41, 5.74) is 4.15. The lowest BCUT2D eigenvalue weighted by Gasteiger charge is -2.55. The van der Waals surface area contributed by atoms with Crippen LogP contribution in [-0.4, -0.2) is 66.1 Å². The molecule has 9 nitrogen and oxygen atoms in total. The Balaban J connectivity index is 1.82. The van der Waals surface area contributed by atoms with Gasteiger partial charge < -0.3 is 34.2 Å². The summed E-state index contributed by atoms with van der Waals surface area (Å²) in [5, 5.41) is 0. The molecule has 0 unspecified atom stereocenters. The van der Waals surface area contributed by atoms with E-state index in [9.17, 15) is 9.59 Å². The Kier molecular flexibility index (Phi) is 4.63. The van der Waals surface area contributed by atoms with E-state index in [1.165, 1.54) is 0 Å². The van der Waals surface area contributed by atoms with Gasteiger partial charge in [0.25, 0.3) is 0 Å². The monoisotopic (exact) mass is 419 g/mol. The number of ether oxygens (including phenoxy) is 6. The topological polar surface area (TPSA) is 116 Å². The summed E-state index contributed by atoms with van der Waals surface area (Å²) in [7, 11) is 0. The highest BCUT2D eigenvalue weighted by atomic mass is 35.5. The molecule has 1 aliphatic carbocycles. The minimum absolute atomic E-state index is 0.172. The maximum absolute atomic E-state index is 12.8. The maximum atomic E-state index is 12.8. The third-order valence-electron chi connectivity index (χ3n) is 5.95. The number of hydrogen-bond donors (Lipinski definition) is 1. The van der Waals surface area contributed by atoms with E-state index in [4.69, 9.17) is 45.8 Å². The summed E-state index contributed by atoms with van der Waals surface area (Å²) in [4.78, 5) is 24.2. The fraction of sp³-hybridized carbons (Fsp3) is 0.889. The van der Waals surface area contributed by atoms with Crippen LogP contribution >= 0.6 is 11.6 Å². The van der Waals surface area contributed by atoms with Crippen molar-refractivity contribution in [3.05, 3.63) is 0 Å². The predicted molar refractivity (Wildman–Crippen MR) is 94.3 cm³/mol. The van der Waals surface area contributed by atoms with E-state index in [1.807, 2.05) is 0 Å². The molecule has 0 aromatic rings. The molecule has 0 aromatic carbocycles. The van der Waals surface area contributed by atoms with Crippen molar-refractivity contribution in [1.82, 2.24) is 0 Å². The number of fused-ring (bicyclic) bond motifs is 6. The Hall–Kier alpha value is -1.13. The Morgan fingerprint density at radius 2 is 1.93 bits per heavy atom. The molecule has 10 heteroatoms. The molecule has 0 aromatic heterocycles. The lowest BCUT2D eigenvalue weighted by molar-refractivity contribution is -0.279. The van der Waals surface area contributed by atoms with Gasteiger partial charge in [-0.3, -0.25) is 0 Å². The van der Waals surface area contributed by atoms with Gasteiger partial charge in [-0.2, -0.15) is 0 Å². The molecule has 3 heterocycles. The van der Waals surface area contributed by atoms with Crippen LogP contribution in [0.4, 0.5) is 4.79 Å². The third-order valence-corrected chi connectivity index (χ3v) is 6.16. The Morgan fingerprint density at radius 3 is 2.50 bits per heavy atom. The fourth-order valence-electron chi connectivity index (χ4n) is 5.16. The summed E-state index contributed by atoms with van der Waals surface area (Å²) in [6.45, 7) is 7.33. The number of nitrogens with two attached hydrogens (primary N) is 1. The SMILES string of the molecule is CC1(C)O[C@H]2[C@@H]3[C@@H](CCCl)[C@@H](OC(=O)[C@H]3OC(N)=O)[C@@]3(COC(C)(C)O3)[C@H]2O1. The second-order valence-corrected chi connectivity index (χ2v) is 9.08. The van der Waals surface area contributed by atoms with Gasteiger partial charge in [0.15, 0.2) is 17.2 Å². The molecule has 4 rings (SSSR count). The van der Waals surface area contributed by atoms with Crippen molar-refractivity contribution in [3.8, 4) is 0 Å². The van der Waals surface area contributed by atoms with Crippen LogP contribution in [0.15, 0.2) is 0 Å². The minimum atomic E-state index is -1.19. The highest BCUT2D eigenvalue weighted by Crippen LogP contribution is 2.56. The summed E-state index contributed by atoms with van der Waals surface area (Å²) in [6.07, 6.45) is -3.60. The second-order valence-electron chi connectivity index (χ2n) is 8.70. The number of hydrogen-bond acceptors (Lipinski definition) is 8. The molecule has 2 N–H and O–H groups in total. The zero-order valence-electron chi connectivity index (χ0n) is 16.3. The van der Waals surface area contributed by atoms with E-state index in [-0.39, 0.29) is 12.5 Å². The largest absolute Gasteiger partial charge is 0.456 e. The summed E-state index contributed by atoms with van der Waals surface area (Å²) < 4.78 is 35.5. The molecule has 2 bridgehead atoms. The molecule has 7 atom stereocenters. The molecule has 4 aliphatic rings. The van der Waals surface area contributed by atoms with E-state index in [0.717, 1.165) is 0 Å².